The first-order valence-corrected chi connectivity index (χ1v) is 6.88. The minimum atomic E-state index is -0.433. The number of nitrogens with one attached hydrogen (secondary N) is 1. The van der Waals surface area contributed by atoms with Crippen molar-refractivity contribution in [3.63, 3.8) is 0 Å². The zero-order chi connectivity index (χ0) is 12.7. The van der Waals surface area contributed by atoms with Gasteiger partial charge >= 0.3 is 0 Å². The molecule has 1 aromatic rings. The molecule has 1 rings (SSSR count). The third-order valence-electron chi connectivity index (χ3n) is 2.25. The third kappa shape index (κ3) is 7.49. The molecule has 0 amide bonds. The van der Waals surface area contributed by atoms with E-state index in [2.05, 4.69) is 37.5 Å². The summed E-state index contributed by atoms with van der Waals surface area (Å²) in [5, 5.41) is 15.0. The molecule has 0 saturated carbocycles. The standard InChI is InChI=1S/C13H23NO2S/c1-13(2,3)14-9-11(15)10-16-7-6-12-5-4-8-17-12/h4-5,8,11,14-15H,6-7,9-10H2,1-3H3. The van der Waals surface area contributed by atoms with Crippen LogP contribution in [0.3, 0.4) is 0 Å². The van der Waals surface area contributed by atoms with Gasteiger partial charge in [-0.3, -0.25) is 0 Å². The fraction of sp³-hybridized carbons (Fsp3) is 0.692. The largest absolute Gasteiger partial charge is 0.389 e. The number of rotatable bonds is 7. The fourth-order valence-electron chi connectivity index (χ4n) is 1.33. The molecular weight excluding hydrogens is 234 g/mol. The maximum atomic E-state index is 9.68. The van der Waals surface area contributed by atoms with Gasteiger partial charge in [0.15, 0.2) is 0 Å². The molecule has 4 heteroatoms. The maximum Gasteiger partial charge on any atom is 0.0897 e. The first-order valence-electron chi connectivity index (χ1n) is 6.00. The Hall–Kier alpha value is -0.420. The predicted octanol–water partition coefficient (Wildman–Crippen LogP) is 2.06. The van der Waals surface area contributed by atoms with Gasteiger partial charge in [-0.2, -0.15) is 0 Å². The number of hydrogen-bond acceptors (Lipinski definition) is 4. The molecule has 0 aliphatic carbocycles. The van der Waals surface area contributed by atoms with Crippen LogP contribution >= 0.6 is 11.3 Å². The zero-order valence-corrected chi connectivity index (χ0v) is 11.7. The van der Waals surface area contributed by atoms with Crippen molar-refractivity contribution in [2.75, 3.05) is 19.8 Å². The van der Waals surface area contributed by atoms with Gasteiger partial charge in [-0.1, -0.05) is 6.07 Å². The Labute approximate surface area is 108 Å². The van der Waals surface area contributed by atoms with Gasteiger partial charge in [0.05, 0.1) is 19.3 Å². The van der Waals surface area contributed by atoms with Crippen molar-refractivity contribution in [3.8, 4) is 0 Å². The number of hydrogen-bond donors (Lipinski definition) is 2. The Balaban J connectivity index is 2.02. The summed E-state index contributed by atoms with van der Waals surface area (Å²) in [5.74, 6) is 0. The molecule has 1 aromatic heterocycles. The van der Waals surface area contributed by atoms with E-state index in [1.807, 2.05) is 6.07 Å². The molecule has 17 heavy (non-hydrogen) atoms. The minimum Gasteiger partial charge on any atom is -0.389 e. The van der Waals surface area contributed by atoms with Crippen molar-refractivity contribution in [3.05, 3.63) is 22.4 Å². The lowest BCUT2D eigenvalue weighted by Gasteiger charge is -2.22. The van der Waals surface area contributed by atoms with Crippen molar-refractivity contribution in [1.29, 1.82) is 0 Å². The van der Waals surface area contributed by atoms with Gasteiger partial charge in [-0.15, -0.1) is 11.3 Å². The molecule has 0 radical (unpaired) electrons. The lowest BCUT2D eigenvalue weighted by atomic mass is 10.1. The monoisotopic (exact) mass is 257 g/mol. The van der Waals surface area contributed by atoms with Gasteiger partial charge < -0.3 is 15.2 Å². The first kappa shape index (κ1) is 14.6. The van der Waals surface area contributed by atoms with Crippen LogP contribution in [0.4, 0.5) is 0 Å². The molecule has 1 unspecified atom stereocenters. The highest BCUT2D eigenvalue weighted by atomic mass is 32.1. The fourth-order valence-corrected chi connectivity index (χ4v) is 2.02. The van der Waals surface area contributed by atoms with Gasteiger partial charge in [0.25, 0.3) is 0 Å². The second-order valence-corrected chi connectivity index (χ2v) is 6.22. The second-order valence-electron chi connectivity index (χ2n) is 5.19. The summed E-state index contributed by atoms with van der Waals surface area (Å²) in [6, 6.07) is 4.15. The molecule has 0 aromatic carbocycles. The number of aliphatic hydroxyl groups is 1. The molecular formula is C13H23NO2S. The van der Waals surface area contributed by atoms with Crippen LogP contribution in [-0.2, 0) is 11.2 Å². The van der Waals surface area contributed by atoms with Crippen molar-refractivity contribution >= 4 is 11.3 Å². The zero-order valence-electron chi connectivity index (χ0n) is 10.9. The molecule has 1 atom stereocenters. The summed E-state index contributed by atoms with van der Waals surface area (Å²) in [6.45, 7) is 7.89. The number of β-amino-alcohol motifs (C(OH)–C–C–N with tert-alkyl or cyclic N) is 1. The number of aliphatic hydroxyl groups excluding tert-OH is 1. The second kappa shape index (κ2) is 7.11. The Morgan fingerprint density at radius 3 is 2.82 bits per heavy atom. The molecule has 1 heterocycles. The van der Waals surface area contributed by atoms with E-state index in [9.17, 15) is 5.11 Å². The quantitative estimate of drug-likeness (QED) is 0.735. The lowest BCUT2D eigenvalue weighted by molar-refractivity contribution is 0.0355. The van der Waals surface area contributed by atoms with Gasteiger partial charge in [0.2, 0.25) is 0 Å². The number of ether oxygens (including phenoxy) is 1. The molecule has 98 valence electrons. The summed E-state index contributed by atoms with van der Waals surface area (Å²) in [4.78, 5) is 1.33. The molecule has 0 spiro atoms. The van der Waals surface area contributed by atoms with Crippen LogP contribution in [0.1, 0.15) is 25.6 Å². The summed E-state index contributed by atoms with van der Waals surface area (Å²) in [5.41, 5.74) is 0.0396. The van der Waals surface area contributed by atoms with Crippen molar-refractivity contribution < 1.29 is 9.84 Å². The molecule has 3 nitrogen and oxygen atoms in total. The van der Waals surface area contributed by atoms with E-state index in [4.69, 9.17) is 4.74 Å². The van der Waals surface area contributed by atoms with E-state index in [-0.39, 0.29) is 5.54 Å². The normalized spacial score (nSPS) is 13.9. The third-order valence-corrected chi connectivity index (χ3v) is 3.19. The smallest absolute Gasteiger partial charge is 0.0897 e. The van der Waals surface area contributed by atoms with Crippen LogP contribution in [0.15, 0.2) is 17.5 Å². The highest BCUT2D eigenvalue weighted by Crippen LogP contribution is 2.08. The van der Waals surface area contributed by atoms with E-state index >= 15 is 0 Å². The molecule has 0 saturated heterocycles. The van der Waals surface area contributed by atoms with Gasteiger partial charge in [-0.25, -0.2) is 0 Å². The van der Waals surface area contributed by atoms with Crippen LogP contribution in [0.5, 0.6) is 0 Å². The summed E-state index contributed by atoms with van der Waals surface area (Å²) >= 11 is 1.74. The SMILES string of the molecule is CC(C)(C)NCC(O)COCCc1cccs1. The Bertz CT molecular complexity index is 293. The average molecular weight is 257 g/mol. The van der Waals surface area contributed by atoms with Gasteiger partial charge in [-0.05, 0) is 32.2 Å². The molecule has 0 bridgehead atoms. The van der Waals surface area contributed by atoms with Gasteiger partial charge in [0, 0.05) is 23.4 Å². The maximum absolute atomic E-state index is 9.68. The highest BCUT2D eigenvalue weighted by Gasteiger charge is 2.11. The van der Waals surface area contributed by atoms with Gasteiger partial charge in [0.1, 0.15) is 0 Å². The predicted molar refractivity (Wildman–Crippen MR) is 72.6 cm³/mol. The highest BCUT2D eigenvalue weighted by molar-refractivity contribution is 7.09. The molecule has 2 N–H and O–H groups in total. The Kier molecular flexibility index (Phi) is 6.12. The van der Waals surface area contributed by atoms with Crippen LogP contribution in [0, 0.1) is 0 Å². The van der Waals surface area contributed by atoms with Crippen LogP contribution in [0.25, 0.3) is 0 Å². The Morgan fingerprint density at radius 2 is 2.24 bits per heavy atom. The molecule has 0 fully saturated rings. The first-order chi connectivity index (χ1) is 7.97. The van der Waals surface area contributed by atoms with Crippen LogP contribution in [0.2, 0.25) is 0 Å². The average Bonchev–Trinajstić information content (AvgIpc) is 2.73. The van der Waals surface area contributed by atoms with E-state index in [1.165, 1.54) is 4.88 Å². The van der Waals surface area contributed by atoms with E-state index in [0.29, 0.717) is 19.8 Å². The van der Waals surface area contributed by atoms with Crippen molar-refractivity contribution in [2.45, 2.75) is 38.8 Å². The molecule has 0 aliphatic heterocycles. The summed E-state index contributed by atoms with van der Waals surface area (Å²) in [6.07, 6.45) is 0.495. The Morgan fingerprint density at radius 1 is 1.47 bits per heavy atom. The molecule has 0 aliphatic rings. The van der Waals surface area contributed by atoms with Crippen LogP contribution in [-0.4, -0.2) is 36.5 Å². The summed E-state index contributed by atoms with van der Waals surface area (Å²) < 4.78 is 5.45. The minimum absolute atomic E-state index is 0.0396. The van der Waals surface area contributed by atoms with E-state index < -0.39 is 6.10 Å². The summed E-state index contributed by atoms with van der Waals surface area (Å²) in [7, 11) is 0. The van der Waals surface area contributed by atoms with E-state index in [1.54, 1.807) is 11.3 Å². The number of thiophene rings is 1. The topological polar surface area (TPSA) is 41.5 Å². The van der Waals surface area contributed by atoms with E-state index in [0.717, 1.165) is 6.42 Å². The lowest BCUT2D eigenvalue weighted by Crippen LogP contribution is -2.42. The van der Waals surface area contributed by atoms with Crippen molar-refractivity contribution in [1.82, 2.24) is 5.32 Å². The van der Waals surface area contributed by atoms with Crippen molar-refractivity contribution in [2.24, 2.45) is 0 Å². The van der Waals surface area contributed by atoms with Crippen LogP contribution < -0.4 is 5.32 Å².